The number of hydrogen-bond acceptors (Lipinski definition) is 9. The van der Waals surface area contributed by atoms with Crippen LogP contribution in [0.25, 0.3) is 180 Å². The molecule has 0 saturated carbocycles. The fourth-order valence-corrected chi connectivity index (χ4v) is 19.4. The minimum Gasteiger partial charge on any atom is -0.393 e. The maximum Gasteiger partial charge on any atom is 0.123 e. The van der Waals surface area contributed by atoms with Gasteiger partial charge in [-0.3, -0.25) is 9.97 Å². The van der Waals surface area contributed by atoms with Crippen LogP contribution in [0.15, 0.2) is 419 Å². The molecule has 5 radical (unpaired) electrons. The summed E-state index contributed by atoms with van der Waals surface area (Å²) in [6.07, 6.45) is 2.34. The molecule has 1 aliphatic rings. The van der Waals surface area contributed by atoms with Crippen molar-refractivity contribution in [1.29, 1.82) is 5.16 Å². The standard InChI is InChI=1S/C55H40N2.C40H24N2S.C16H11N2.C5H12O2.CH3B2FNP.Ir/c1-55(2)51-21-10-8-18-47(51)48-33-32-44(36-52(48)55)56(43-30-25-39(26-31-43)46-20-12-14-38-13-6-7-17-45(38)46)42-28-23-37(24-29-42)40-27-34-54-50(35-40)49-19-9-11-22-53(49)57(54)41-15-4-3-5-16-41;1-3-17-33-30(14-1)31-15-2-4-18-34(31)39-38(33)41-24-36(42-39)28-13-8-11-26(23-28)25-10-7-12-27(22-25)29-19-9-20-35-32-16-5-6-21-37(32)43-40(29)35;1-3-7-13(8-4-1)15-11-16(18-12-17-15)14-9-5-2-6-10-14;1-4(6)3-5(2)7;2-6(3,5)1-4;/h3-36H,1-2H3;1-24H;1-9,11-12H;4-7H,3H2,1-2H3;5H,1H2;/q;;-1;;;. The molecule has 0 bridgehead atoms. The van der Waals surface area contributed by atoms with E-state index in [4.69, 9.17) is 40.5 Å². The molecule has 2 unspecified atom stereocenters. The monoisotopic (exact) mass is 1920 g/mol. The van der Waals surface area contributed by atoms with E-state index in [0.29, 0.717) is 6.42 Å². The fraction of sp³-hybridized carbons (Fsp3) is 0.0769. The second-order valence-electron chi connectivity index (χ2n) is 33.7. The molecule has 15 heteroatoms. The summed E-state index contributed by atoms with van der Waals surface area (Å²) >= 11 is 1.87. The van der Waals surface area contributed by atoms with Crippen LogP contribution in [0.2, 0.25) is 0 Å². The number of aliphatic hydroxyl groups excluding tert-OH is 2. The zero-order chi connectivity index (χ0) is 89.7. The molecule has 0 aliphatic heterocycles. The molecule has 4 heterocycles. The molecular formula is C117H90B2FIrN7O2PS-. The van der Waals surface area contributed by atoms with E-state index in [-0.39, 0.29) is 37.7 Å². The normalized spacial score (nSPS) is 12.3. The molecule has 2 atom stereocenters. The first-order valence-corrected chi connectivity index (χ1v) is 46.9. The molecule has 9 nitrogen and oxygen atoms in total. The number of anilines is 3. The van der Waals surface area contributed by atoms with Crippen molar-refractivity contribution in [2.75, 3.05) is 11.3 Å². The maximum atomic E-state index is 11.1. The van der Waals surface area contributed by atoms with E-state index < -0.39 is 13.2 Å². The number of thiophene rings is 1. The summed E-state index contributed by atoms with van der Waals surface area (Å²) in [5.74, 6) is 0. The number of benzene rings is 18. The molecule has 1 aliphatic carbocycles. The Labute approximate surface area is 788 Å². The van der Waals surface area contributed by atoms with Gasteiger partial charge in [0.2, 0.25) is 0 Å². The third kappa shape index (κ3) is 18.4. The van der Waals surface area contributed by atoms with E-state index in [9.17, 15) is 4.39 Å². The number of para-hydroxylation sites is 2. The van der Waals surface area contributed by atoms with Crippen LogP contribution < -0.4 is 4.90 Å². The Kier molecular flexibility index (Phi) is 26.1. The zero-order valence-corrected chi connectivity index (χ0v) is 77.3. The van der Waals surface area contributed by atoms with Gasteiger partial charge in [0.1, 0.15) is 27.9 Å². The molecule has 132 heavy (non-hydrogen) atoms. The number of nitrogens with one attached hydrogen (secondary N) is 1. The van der Waals surface area contributed by atoms with E-state index >= 15 is 0 Å². The average molecular weight is 1920 g/mol. The molecule has 639 valence electrons. The number of rotatable bonds is 14. The SMILES string of the molecule is CC(O)CC(C)O.CC1(C)c2ccccc2-c2ccc(N(c3ccc(-c4ccc5c(c4)c4ccccc4n5-c4ccccc4)cc3)c3ccc(-c4cccc5ccccc45)cc3)cc21.[B]P([B])(=N)CF.[Ir].[c-]1ccccc1-c1cc(-c2ccccc2)ncn1.c1cc(-c2cccc(-c3cccc4c3sc3ccccc34)c2)cc(-c2cnc3c4ccccc4c4ccccc4c3n2)c1. The Morgan fingerprint density at radius 3 is 1.59 bits per heavy atom. The summed E-state index contributed by atoms with van der Waals surface area (Å²) in [7, 11) is 9.43. The molecule has 23 rings (SSSR count). The molecule has 0 saturated heterocycles. The van der Waals surface area contributed by atoms with Gasteiger partial charge in [-0.05, 0) is 205 Å². The van der Waals surface area contributed by atoms with Gasteiger partial charge in [-0.2, -0.15) is 0 Å². The van der Waals surface area contributed by atoms with Gasteiger partial charge in [-0.15, -0.1) is 47.2 Å². The van der Waals surface area contributed by atoms with Gasteiger partial charge in [-0.1, -0.05) is 318 Å². The third-order valence-corrected chi connectivity index (χ3v) is 25.9. The fourth-order valence-electron chi connectivity index (χ4n) is 18.1. The molecule has 4 aromatic heterocycles. The summed E-state index contributed by atoms with van der Waals surface area (Å²) < 4.78 is 16.1. The number of aliphatic hydroxyl groups is 2. The van der Waals surface area contributed by atoms with E-state index in [1.54, 1.807) is 20.2 Å². The Bertz CT molecular complexity index is 7890. The summed E-state index contributed by atoms with van der Waals surface area (Å²) in [5, 5.41) is 36.0. The number of aromatic nitrogens is 5. The van der Waals surface area contributed by atoms with Gasteiger partial charge in [0.15, 0.2) is 0 Å². The van der Waals surface area contributed by atoms with E-state index in [1.807, 2.05) is 78.2 Å². The quantitative estimate of drug-likeness (QED) is 0.0429. The Hall–Kier alpha value is -14.2. The Morgan fingerprint density at radius 2 is 0.902 bits per heavy atom. The third-order valence-electron chi connectivity index (χ3n) is 24.3. The molecule has 22 aromatic rings. The summed E-state index contributed by atoms with van der Waals surface area (Å²) in [6, 6.07) is 149. The van der Waals surface area contributed by atoms with Gasteiger partial charge in [0, 0.05) is 95.6 Å². The summed E-state index contributed by atoms with van der Waals surface area (Å²) in [5.41, 5.74) is 29.7. The molecule has 3 N–H and O–H groups in total. The topological polar surface area (TPSA) is 124 Å². The minimum atomic E-state index is -2.81. The van der Waals surface area contributed by atoms with Crippen LogP contribution in [0.1, 0.15) is 45.2 Å². The number of fused-ring (bicyclic) bond motifs is 16. The van der Waals surface area contributed by atoms with Crippen LogP contribution in [0.5, 0.6) is 0 Å². The van der Waals surface area contributed by atoms with Crippen molar-refractivity contribution in [3.05, 3.63) is 436 Å². The van der Waals surface area contributed by atoms with Crippen LogP contribution in [-0.4, -0.2) is 68.5 Å². The van der Waals surface area contributed by atoms with Crippen LogP contribution >= 0.6 is 18.1 Å². The Balaban J connectivity index is 0.000000136. The minimum absolute atomic E-state index is 0. The second kappa shape index (κ2) is 38.9. The number of alkyl halides is 1. The molecule has 18 aromatic carbocycles. The van der Waals surface area contributed by atoms with Crippen molar-refractivity contribution >= 4 is 136 Å². The second-order valence-corrected chi connectivity index (χ2v) is 36.8. The average Bonchev–Trinajstić information content (AvgIpc) is 1.25. The first kappa shape index (κ1) is 88.5. The van der Waals surface area contributed by atoms with Crippen molar-refractivity contribution < 1.29 is 34.7 Å². The van der Waals surface area contributed by atoms with Gasteiger partial charge in [-0.25, -0.2) is 14.4 Å². The Morgan fingerprint density at radius 1 is 0.402 bits per heavy atom. The molecular weight excluding hydrogens is 1830 g/mol. The smallest absolute Gasteiger partial charge is 0.123 e. The maximum absolute atomic E-state index is 11.1. The van der Waals surface area contributed by atoms with Crippen LogP contribution in [0.4, 0.5) is 21.5 Å². The van der Waals surface area contributed by atoms with Gasteiger partial charge >= 0.3 is 0 Å². The predicted octanol–water partition coefficient (Wildman–Crippen LogP) is 31.0. The van der Waals surface area contributed by atoms with E-state index in [0.717, 1.165) is 78.2 Å². The van der Waals surface area contributed by atoms with Crippen molar-refractivity contribution in [2.24, 2.45) is 0 Å². The van der Waals surface area contributed by atoms with Crippen LogP contribution in [-0.2, 0) is 25.5 Å². The number of nitrogens with zero attached hydrogens (tertiary/aromatic N) is 6. The predicted molar refractivity (Wildman–Crippen MR) is 552 cm³/mol. The zero-order valence-electron chi connectivity index (χ0n) is 73.2. The van der Waals surface area contributed by atoms with Gasteiger partial charge in [0.25, 0.3) is 0 Å². The van der Waals surface area contributed by atoms with Crippen molar-refractivity contribution in [2.45, 2.75) is 51.7 Å². The number of hydrogen-bond donors (Lipinski definition) is 3. The number of halogens is 1. The first-order valence-electron chi connectivity index (χ1n) is 43.9. The van der Waals surface area contributed by atoms with Crippen LogP contribution in [0, 0.1) is 11.2 Å². The molecule has 0 amide bonds. The van der Waals surface area contributed by atoms with Crippen molar-refractivity contribution in [1.82, 2.24) is 24.5 Å². The van der Waals surface area contributed by atoms with Crippen LogP contribution in [0.3, 0.4) is 0 Å². The summed E-state index contributed by atoms with van der Waals surface area (Å²) in [4.78, 5) is 21.2. The van der Waals surface area contributed by atoms with E-state index in [1.165, 1.54) is 130 Å². The molecule has 0 fully saturated rings. The van der Waals surface area contributed by atoms with Crippen molar-refractivity contribution in [3.8, 4) is 95.1 Å². The van der Waals surface area contributed by atoms with Gasteiger partial charge < -0.3 is 24.8 Å². The van der Waals surface area contributed by atoms with Gasteiger partial charge in [0.05, 0.1) is 51.9 Å². The van der Waals surface area contributed by atoms with E-state index in [2.05, 4.69) is 385 Å². The molecule has 0 spiro atoms. The summed E-state index contributed by atoms with van der Waals surface area (Å²) in [6.45, 7) is 5.22. The largest absolute Gasteiger partial charge is 0.393 e. The first-order chi connectivity index (χ1) is 64.0. The van der Waals surface area contributed by atoms with Crippen molar-refractivity contribution in [3.63, 3.8) is 0 Å².